The smallest absolute Gasteiger partial charge is 0.00109 e. The van der Waals surface area contributed by atoms with Gasteiger partial charge in [-0.25, -0.2) is 0 Å². The quantitative estimate of drug-likeness (QED) is 0.548. The standard InChI is InChI=1S/C10H25N3/c1-10(11)6-4-7-12-8-5-9-13(2)3/h10,12H,4-9,11H2,1-3H3. The van der Waals surface area contributed by atoms with E-state index in [9.17, 15) is 0 Å². The average molecular weight is 187 g/mol. The van der Waals surface area contributed by atoms with Crippen molar-refractivity contribution in [3.63, 3.8) is 0 Å². The van der Waals surface area contributed by atoms with E-state index in [0.29, 0.717) is 6.04 Å². The van der Waals surface area contributed by atoms with E-state index in [1.165, 1.54) is 19.4 Å². The molecule has 1 atom stereocenters. The molecule has 0 heterocycles. The monoisotopic (exact) mass is 187 g/mol. The van der Waals surface area contributed by atoms with Crippen LogP contribution in [0.2, 0.25) is 0 Å². The predicted octanol–water partition coefficient (Wildman–Crippen LogP) is 0.655. The lowest BCUT2D eigenvalue weighted by Crippen LogP contribution is -2.23. The number of nitrogens with two attached hydrogens (primary N) is 1. The van der Waals surface area contributed by atoms with Crippen LogP contribution in [0.25, 0.3) is 0 Å². The second kappa shape index (κ2) is 8.48. The molecule has 80 valence electrons. The Balaban J connectivity index is 2.92. The van der Waals surface area contributed by atoms with Gasteiger partial charge in [0.05, 0.1) is 0 Å². The van der Waals surface area contributed by atoms with Crippen molar-refractivity contribution >= 4 is 0 Å². The topological polar surface area (TPSA) is 41.3 Å². The number of hydrogen-bond acceptors (Lipinski definition) is 3. The number of nitrogens with one attached hydrogen (secondary N) is 1. The lowest BCUT2D eigenvalue weighted by molar-refractivity contribution is 0.393. The molecule has 3 heteroatoms. The first-order valence-electron chi connectivity index (χ1n) is 5.24. The fraction of sp³-hybridized carbons (Fsp3) is 1.00. The molecule has 1 unspecified atom stereocenters. The summed E-state index contributed by atoms with van der Waals surface area (Å²) in [7, 11) is 4.21. The van der Waals surface area contributed by atoms with Gasteiger partial charge in [0.15, 0.2) is 0 Å². The van der Waals surface area contributed by atoms with Crippen molar-refractivity contribution in [2.75, 3.05) is 33.7 Å². The Labute approximate surface area is 82.7 Å². The Bertz CT molecular complexity index is 90.3. The van der Waals surface area contributed by atoms with E-state index in [0.717, 1.165) is 19.5 Å². The van der Waals surface area contributed by atoms with Crippen LogP contribution < -0.4 is 11.1 Å². The normalized spacial score (nSPS) is 13.6. The number of hydrogen-bond donors (Lipinski definition) is 2. The van der Waals surface area contributed by atoms with Crippen LogP contribution in [-0.2, 0) is 0 Å². The van der Waals surface area contributed by atoms with Crippen molar-refractivity contribution in [3.05, 3.63) is 0 Å². The zero-order chi connectivity index (χ0) is 10.1. The highest BCUT2D eigenvalue weighted by Crippen LogP contribution is 1.90. The summed E-state index contributed by atoms with van der Waals surface area (Å²) in [5.41, 5.74) is 5.64. The van der Waals surface area contributed by atoms with Gasteiger partial charge in [-0.2, -0.15) is 0 Å². The molecule has 0 amide bonds. The largest absolute Gasteiger partial charge is 0.328 e. The summed E-state index contributed by atoms with van der Waals surface area (Å²) in [4.78, 5) is 2.21. The third-order valence-electron chi connectivity index (χ3n) is 1.97. The van der Waals surface area contributed by atoms with E-state index in [2.05, 4.69) is 31.2 Å². The third kappa shape index (κ3) is 11.9. The molecule has 0 saturated heterocycles. The maximum absolute atomic E-state index is 5.64. The summed E-state index contributed by atoms with van der Waals surface area (Å²) in [6, 6.07) is 0.351. The molecule has 13 heavy (non-hydrogen) atoms. The molecule has 0 radical (unpaired) electrons. The van der Waals surface area contributed by atoms with E-state index in [4.69, 9.17) is 5.73 Å². The van der Waals surface area contributed by atoms with Crippen LogP contribution in [0, 0.1) is 0 Å². The molecule has 0 bridgehead atoms. The van der Waals surface area contributed by atoms with Crippen LogP contribution in [0.15, 0.2) is 0 Å². The highest BCUT2D eigenvalue weighted by Gasteiger charge is 1.94. The van der Waals surface area contributed by atoms with Crippen LogP contribution in [0.4, 0.5) is 0 Å². The average Bonchev–Trinajstić information content (AvgIpc) is 2.01. The Kier molecular flexibility index (Phi) is 8.40. The highest BCUT2D eigenvalue weighted by molar-refractivity contribution is 4.56. The zero-order valence-corrected chi connectivity index (χ0v) is 9.34. The maximum Gasteiger partial charge on any atom is 0.00109 e. The van der Waals surface area contributed by atoms with Crippen molar-refractivity contribution in [1.82, 2.24) is 10.2 Å². The first-order chi connectivity index (χ1) is 6.13. The molecule has 3 nitrogen and oxygen atoms in total. The minimum absolute atomic E-state index is 0.351. The van der Waals surface area contributed by atoms with Crippen LogP contribution >= 0.6 is 0 Å². The minimum Gasteiger partial charge on any atom is -0.328 e. The summed E-state index contributed by atoms with van der Waals surface area (Å²) >= 11 is 0. The van der Waals surface area contributed by atoms with E-state index in [-0.39, 0.29) is 0 Å². The van der Waals surface area contributed by atoms with E-state index in [1.54, 1.807) is 0 Å². The molecule has 0 spiro atoms. The van der Waals surface area contributed by atoms with Gasteiger partial charge < -0.3 is 16.0 Å². The Morgan fingerprint density at radius 2 is 1.85 bits per heavy atom. The van der Waals surface area contributed by atoms with Crippen molar-refractivity contribution in [1.29, 1.82) is 0 Å². The van der Waals surface area contributed by atoms with Gasteiger partial charge in [0, 0.05) is 6.04 Å². The van der Waals surface area contributed by atoms with Crippen LogP contribution in [0.5, 0.6) is 0 Å². The van der Waals surface area contributed by atoms with Gasteiger partial charge in [0.1, 0.15) is 0 Å². The molecule has 3 N–H and O–H groups in total. The molecule has 0 saturated carbocycles. The molecule has 0 aromatic carbocycles. The molecule has 0 aliphatic heterocycles. The lowest BCUT2D eigenvalue weighted by Gasteiger charge is -2.10. The van der Waals surface area contributed by atoms with Crippen LogP contribution in [-0.4, -0.2) is 44.7 Å². The summed E-state index contributed by atoms with van der Waals surface area (Å²) in [5, 5.41) is 3.41. The van der Waals surface area contributed by atoms with Crippen LogP contribution in [0.1, 0.15) is 26.2 Å². The van der Waals surface area contributed by atoms with Gasteiger partial charge in [-0.15, -0.1) is 0 Å². The van der Waals surface area contributed by atoms with Gasteiger partial charge in [0.25, 0.3) is 0 Å². The van der Waals surface area contributed by atoms with Gasteiger partial charge >= 0.3 is 0 Å². The Hall–Kier alpha value is -0.120. The van der Waals surface area contributed by atoms with Gasteiger partial charge in [-0.3, -0.25) is 0 Å². The van der Waals surface area contributed by atoms with Crippen molar-refractivity contribution in [2.45, 2.75) is 32.2 Å². The summed E-state index contributed by atoms with van der Waals surface area (Å²) in [5.74, 6) is 0. The molecule has 0 rings (SSSR count). The van der Waals surface area contributed by atoms with Gasteiger partial charge in [-0.1, -0.05) is 0 Å². The SMILES string of the molecule is CC(N)CCCNCCCN(C)C. The van der Waals surface area contributed by atoms with Crippen LogP contribution in [0.3, 0.4) is 0 Å². The number of rotatable bonds is 8. The maximum atomic E-state index is 5.64. The molecule has 0 aliphatic rings. The zero-order valence-electron chi connectivity index (χ0n) is 9.34. The van der Waals surface area contributed by atoms with E-state index < -0.39 is 0 Å². The molecule has 0 aromatic rings. The molecule has 0 fully saturated rings. The lowest BCUT2D eigenvalue weighted by atomic mass is 10.2. The molecule has 0 aromatic heterocycles. The van der Waals surface area contributed by atoms with Gasteiger partial charge in [0.2, 0.25) is 0 Å². The summed E-state index contributed by atoms with van der Waals surface area (Å²) in [6.07, 6.45) is 3.55. The summed E-state index contributed by atoms with van der Waals surface area (Å²) in [6.45, 7) is 5.46. The second-order valence-corrected chi connectivity index (χ2v) is 4.03. The van der Waals surface area contributed by atoms with E-state index in [1.807, 2.05) is 0 Å². The minimum atomic E-state index is 0.351. The fourth-order valence-electron chi connectivity index (χ4n) is 1.19. The third-order valence-corrected chi connectivity index (χ3v) is 1.97. The van der Waals surface area contributed by atoms with Crippen molar-refractivity contribution in [2.24, 2.45) is 5.73 Å². The first kappa shape index (κ1) is 12.9. The Morgan fingerprint density at radius 1 is 1.23 bits per heavy atom. The fourth-order valence-corrected chi connectivity index (χ4v) is 1.19. The number of nitrogens with zero attached hydrogens (tertiary/aromatic N) is 1. The Morgan fingerprint density at radius 3 is 2.38 bits per heavy atom. The molecule has 0 aliphatic carbocycles. The van der Waals surface area contributed by atoms with Crippen molar-refractivity contribution < 1.29 is 0 Å². The second-order valence-electron chi connectivity index (χ2n) is 4.03. The van der Waals surface area contributed by atoms with E-state index >= 15 is 0 Å². The molecular weight excluding hydrogens is 162 g/mol. The predicted molar refractivity (Wildman–Crippen MR) is 58.9 cm³/mol. The van der Waals surface area contributed by atoms with Gasteiger partial charge in [-0.05, 0) is 59.9 Å². The highest BCUT2D eigenvalue weighted by atomic mass is 15.0. The first-order valence-corrected chi connectivity index (χ1v) is 5.24. The summed E-state index contributed by atoms with van der Waals surface area (Å²) < 4.78 is 0. The molecular formula is C10H25N3. The van der Waals surface area contributed by atoms with Crippen molar-refractivity contribution in [3.8, 4) is 0 Å².